The van der Waals surface area contributed by atoms with Gasteiger partial charge in [0.2, 0.25) is 0 Å². The Bertz CT molecular complexity index is 1320. The number of carbonyl (C=O) groups excluding carboxylic acids is 1. The highest BCUT2D eigenvalue weighted by molar-refractivity contribution is 7.09. The van der Waals surface area contributed by atoms with Crippen LogP contribution in [0.5, 0.6) is 0 Å². The molecule has 1 aromatic heterocycles. The number of thiazole rings is 1. The number of ketones is 1. The third kappa shape index (κ3) is 13.5. The summed E-state index contributed by atoms with van der Waals surface area (Å²) in [6.07, 6.45) is 6.55. The molecule has 0 aliphatic carbocycles. The molecule has 50 heavy (non-hydrogen) atoms. The van der Waals surface area contributed by atoms with Gasteiger partial charge < -0.3 is 19.1 Å². The van der Waals surface area contributed by atoms with E-state index in [4.69, 9.17) is 8.85 Å². The molecule has 0 unspecified atom stereocenters. The largest absolute Gasteiger partial charge is 0.481 e. The van der Waals surface area contributed by atoms with E-state index in [1.165, 1.54) is 0 Å². The molecule has 5 atom stereocenters. The molecular formula is C40H73NO6SSi2. The Hall–Kier alpha value is -1.44. The highest BCUT2D eigenvalue weighted by Gasteiger charge is 2.49. The summed E-state index contributed by atoms with van der Waals surface area (Å²) in [5, 5.41) is 23.7. The van der Waals surface area contributed by atoms with Crippen molar-refractivity contribution in [2.45, 2.75) is 183 Å². The molecule has 288 valence electrons. The number of allylic oxidation sites excluding steroid dienone is 1. The molecule has 0 saturated heterocycles. The van der Waals surface area contributed by atoms with Crippen molar-refractivity contribution >= 4 is 45.8 Å². The number of aryl methyl sites for hydroxylation is 1. The first-order valence-electron chi connectivity index (χ1n) is 18.6. The summed E-state index contributed by atoms with van der Waals surface area (Å²) in [6, 6.07) is 0. The van der Waals surface area contributed by atoms with E-state index in [1.807, 2.05) is 39.2 Å². The highest BCUT2D eigenvalue weighted by atomic mass is 32.1. The molecule has 10 heteroatoms. The summed E-state index contributed by atoms with van der Waals surface area (Å²) < 4.78 is 13.8. The standard InChI is InChI=1S/C40H73NO6SSi2/c1-18-34-41-31(26-48-34)24-29(4)32(42)23-27(2)21-19-20-22-28(3)36(47-50(16,17)39(9,10)11)30(5)37(45)40(12,13)33(25-35(43)44)46-49(14,15)38(6,7)8/h21,24,26,28,30,32-33,36,42H,18-20,22-23,25H2,1-17H3,(H,43,44)/b27-21+,29-24+/t28-,30+,32-,33-,36-/m0/s1. The number of Topliss-reactive ketones (excluding diaryl/α,β-unsaturated/α-hetero) is 1. The zero-order valence-corrected chi connectivity index (χ0v) is 37.6. The third-order valence-corrected chi connectivity index (χ3v) is 21.4. The van der Waals surface area contributed by atoms with Crippen molar-refractivity contribution < 1.29 is 28.7 Å². The van der Waals surface area contributed by atoms with Gasteiger partial charge in [-0.1, -0.05) is 87.8 Å². The number of unbranched alkanes of at least 4 members (excludes halogenated alkanes) is 1. The summed E-state index contributed by atoms with van der Waals surface area (Å²) in [5.41, 5.74) is 1.94. The molecule has 0 bridgehead atoms. The van der Waals surface area contributed by atoms with Gasteiger partial charge in [0.1, 0.15) is 5.78 Å². The van der Waals surface area contributed by atoms with Crippen LogP contribution in [0.25, 0.3) is 6.08 Å². The Labute approximate surface area is 312 Å². The number of aromatic nitrogens is 1. The molecule has 0 aliphatic heterocycles. The van der Waals surface area contributed by atoms with Crippen LogP contribution in [-0.4, -0.2) is 61.9 Å². The Morgan fingerprint density at radius 1 is 0.940 bits per heavy atom. The van der Waals surface area contributed by atoms with Gasteiger partial charge in [0.25, 0.3) is 0 Å². The van der Waals surface area contributed by atoms with E-state index in [-0.39, 0.29) is 34.3 Å². The quantitative estimate of drug-likeness (QED) is 0.0776. The van der Waals surface area contributed by atoms with Crippen LogP contribution in [0.2, 0.25) is 36.3 Å². The summed E-state index contributed by atoms with van der Waals surface area (Å²) in [6.45, 7) is 35.7. The zero-order chi connectivity index (χ0) is 39.0. The molecule has 0 saturated carbocycles. The topological polar surface area (TPSA) is 106 Å². The van der Waals surface area contributed by atoms with Crippen molar-refractivity contribution in [3.8, 4) is 0 Å². The molecule has 7 nitrogen and oxygen atoms in total. The summed E-state index contributed by atoms with van der Waals surface area (Å²) in [4.78, 5) is 31.2. The first kappa shape index (κ1) is 46.6. The minimum Gasteiger partial charge on any atom is -0.481 e. The molecular weight excluding hydrogens is 679 g/mol. The van der Waals surface area contributed by atoms with Crippen molar-refractivity contribution in [1.82, 2.24) is 4.98 Å². The monoisotopic (exact) mass is 751 g/mol. The fourth-order valence-electron chi connectivity index (χ4n) is 5.64. The second kappa shape index (κ2) is 18.5. The van der Waals surface area contributed by atoms with E-state index >= 15 is 0 Å². The molecule has 0 aliphatic rings. The number of aliphatic hydroxyl groups is 1. The number of nitrogens with zero attached hydrogens (tertiary/aromatic N) is 1. The van der Waals surface area contributed by atoms with E-state index < -0.39 is 46.1 Å². The average molecular weight is 752 g/mol. The maximum Gasteiger partial charge on any atom is 0.305 e. The van der Waals surface area contributed by atoms with Crippen LogP contribution in [0, 0.1) is 17.3 Å². The number of aliphatic hydroxyl groups excluding tert-OH is 1. The number of hydrogen-bond acceptors (Lipinski definition) is 7. The van der Waals surface area contributed by atoms with Gasteiger partial charge in [0, 0.05) is 16.7 Å². The number of hydrogen-bond donors (Lipinski definition) is 2. The number of carboxylic acids is 1. The maximum atomic E-state index is 14.6. The van der Waals surface area contributed by atoms with Crippen molar-refractivity contribution in [3.63, 3.8) is 0 Å². The van der Waals surface area contributed by atoms with Gasteiger partial charge >= 0.3 is 5.97 Å². The van der Waals surface area contributed by atoms with Gasteiger partial charge in [-0.15, -0.1) is 11.3 Å². The van der Waals surface area contributed by atoms with Crippen LogP contribution in [0.15, 0.2) is 22.6 Å². The van der Waals surface area contributed by atoms with Gasteiger partial charge in [-0.25, -0.2) is 4.98 Å². The maximum absolute atomic E-state index is 14.6. The minimum absolute atomic E-state index is 0.00487. The van der Waals surface area contributed by atoms with Crippen LogP contribution < -0.4 is 0 Å². The second-order valence-corrected chi connectivity index (χ2v) is 28.7. The Morgan fingerprint density at radius 2 is 1.48 bits per heavy atom. The van der Waals surface area contributed by atoms with Crippen molar-refractivity contribution in [3.05, 3.63) is 33.3 Å². The van der Waals surface area contributed by atoms with Gasteiger partial charge in [-0.2, -0.15) is 0 Å². The molecule has 0 spiro atoms. The van der Waals surface area contributed by atoms with Crippen LogP contribution in [0.3, 0.4) is 0 Å². The number of carbonyl (C=O) groups is 2. The first-order chi connectivity index (χ1) is 22.6. The fraction of sp³-hybridized carbons (Fsp3) is 0.775. The first-order valence-corrected chi connectivity index (χ1v) is 25.3. The van der Waals surface area contributed by atoms with Crippen molar-refractivity contribution in [1.29, 1.82) is 0 Å². The van der Waals surface area contributed by atoms with Crippen molar-refractivity contribution in [2.75, 3.05) is 0 Å². The second-order valence-electron chi connectivity index (χ2n) is 18.3. The SMILES string of the molecule is CCc1nc(/C=C(\C)[C@@H](O)C/C(C)=C/CCC[C@H](C)[C@H](O[Si](C)(C)C(C)(C)C)[C@@H](C)C(=O)C(C)(C)[C@H](CC(=O)O)O[Si](C)(C)C(C)(C)C)cs1. The molecule has 0 amide bonds. The predicted octanol–water partition coefficient (Wildman–Crippen LogP) is 11.1. The molecule has 1 rings (SSSR count). The van der Waals surface area contributed by atoms with E-state index in [9.17, 15) is 19.8 Å². The van der Waals surface area contributed by atoms with Gasteiger partial charge in [-0.3, -0.25) is 9.59 Å². The van der Waals surface area contributed by atoms with Gasteiger partial charge in [0.05, 0.1) is 35.4 Å². The molecule has 0 radical (unpaired) electrons. The lowest BCUT2D eigenvalue weighted by Gasteiger charge is -2.46. The molecule has 0 aromatic carbocycles. The smallest absolute Gasteiger partial charge is 0.305 e. The van der Waals surface area contributed by atoms with E-state index in [0.29, 0.717) is 6.42 Å². The lowest BCUT2D eigenvalue weighted by atomic mass is 9.73. The lowest BCUT2D eigenvalue weighted by molar-refractivity contribution is -0.146. The van der Waals surface area contributed by atoms with Crippen LogP contribution >= 0.6 is 11.3 Å². The van der Waals surface area contributed by atoms with E-state index in [0.717, 1.165) is 47.5 Å². The highest BCUT2D eigenvalue weighted by Crippen LogP contribution is 2.44. The summed E-state index contributed by atoms with van der Waals surface area (Å²) >= 11 is 1.65. The molecule has 1 aromatic rings. The van der Waals surface area contributed by atoms with Gasteiger partial charge in [-0.05, 0) is 99.8 Å². The Morgan fingerprint density at radius 3 is 1.96 bits per heavy atom. The van der Waals surface area contributed by atoms with Crippen LogP contribution in [-0.2, 0) is 24.9 Å². The molecule has 0 fully saturated rings. The van der Waals surface area contributed by atoms with E-state index in [2.05, 4.69) is 99.6 Å². The Balaban J connectivity index is 3.18. The normalized spacial score (nSPS) is 17.3. The summed E-state index contributed by atoms with van der Waals surface area (Å²) in [7, 11) is -4.63. The number of aliphatic carboxylic acids is 1. The molecule has 2 N–H and O–H groups in total. The summed E-state index contributed by atoms with van der Waals surface area (Å²) in [5.74, 6) is -1.30. The van der Waals surface area contributed by atoms with E-state index in [1.54, 1.807) is 11.3 Å². The number of rotatable bonds is 20. The minimum atomic E-state index is -2.37. The Kier molecular flexibility index (Phi) is 17.3. The van der Waals surface area contributed by atoms with Crippen molar-refractivity contribution in [2.24, 2.45) is 17.3 Å². The average Bonchev–Trinajstić information content (AvgIpc) is 3.42. The predicted molar refractivity (Wildman–Crippen MR) is 217 cm³/mol. The fourth-order valence-corrected chi connectivity index (χ4v) is 9.26. The zero-order valence-electron chi connectivity index (χ0n) is 34.7. The number of carboxylic acid groups (broad SMARTS) is 1. The van der Waals surface area contributed by atoms with Gasteiger partial charge in [0.15, 0.2) is 16.6 Å². The lowest BCUT2D eigenvalue weighted by Crippen LogP contribution is -2.54. The van der Waals surface area contributed by atoms with Crippen LogP contribution in [0.1, 0.15) is 133 Å². The third-order valence-electron chi connectivity index (χ3n) is 11.4. The van der Waals surface area contributed by atoms with Crippen LogP contribution in [0.4, 0.5) is 0 Å². The molecule has 1 heterocycles.